The molecule has 1 aromatic carbocycles. The van der Waals surface area contributed by atoms with Crippen molar-refractivity contribution in [1.82, 2.24) is 0 Å². The van der Waals surface area contributed by atoms with E-state index in [-0.39, 0.29) is 11.3 Å². The van der Waals surface area contributed by atoms with E-state index in [1.807, 2.05) is 22.6 Å². The van der Waals surface area contributed by atoms with Crippen molar-refractivity contribution < 1.29 is 33.3 Å². The predicted molar refractivity (Wildman–Crippen MR) is 86.6 cm³/mol. The van der Waals surface area contributed by atoms with E-state index >= 15 is 0 Å². The largest absolute Gasteiger partial charge is 0.544 e. The maximum Gasteiger partial charge on any atom is 0.338 e. The number of aromatic hydroxyl groups is 1. The summed E-state index contributed by atoms with van der Waals surface area (Å²) in [5, 5.41) is 20.4. The highest BCUT2D eigenvalue weighted by Crippen LogP contribution is 2.36. The second-order valence-electron chi connectivity index (χ2n) is 5.80. The first-order valence-corrected chi connectivity index (χ1v) is 8.60. The molecule has 1 unspecified atom stereocenters. The first-order valence-electron chi connectivity index (χ1n) is 7.52. The molecule has 0 spiro atoms. The lowest BCUT2D eigenvalue weighted by Gasteiger charge is -2.35. The van der Waals surface area contributed by atoms with Gasteiger partial charge in [-0.1, -0.05) is 19.3 Å². The van der Waals surface area contributed by atoms with E-state index in [1.165, 1.54) is 12.1 Å². The van der Waals surface area contributed by atoms with E-state index in [1.54, 1.807) is 0 Å². The van der Waals surface area contributed by atoms with E-state index in [0.29, 0.717) is 29.3 Å². The molecule has 0 radical (unpaired) electrons. The average Bonchev–Trinajstić information content (AvgIpc) is 2.55. The maximum absolute atomic E-state index is 14.0. The minimum Gasteiger partial charge on any atom is -0.544 e. The number of carbonyl (C=O) groups excluding carboxylic acids is 2. The number of carbonyl (C=O) groups is 2. The molecule has 1 saturated carbocycles. The SMILES string of the molecule is O=C(OC(C1CCCCC1)C(F)(F)C(=O)[O-])c1ccc(I)c(O)c1. The molecule has 5 nitrogen and oxygen atoms in total. The second kappa shape index (κ2) is 7.62. The van der Waals surface area contributed by atoms with Gasteiger partial charge in [0.05, 0.1) is 9.13 Å². The van der Waals surface area contributed by atoms with Crippen molar-refractivity contribution in [1.29, 1.82) is 0 Å². The van der Waals surface area contributed by atoms with Crippen LogP contribution in [0.5, 0.6) is 5.75 Å². The fraction of sp³-hybridized carbons (Fsp3) is 0.500. The van der Waals surface area contributed by atoms with Gasteiger partial charge >= 0.3 is 11.9 Å². The Balaban J connectivity index is 2.25. The van der Waals surface area contributed by atoms with Gasteiger partial charge in [0.15, 0.2) is 6.10 Å². The molecule has 8 heteroatoms. The molecule has 1 aromatic rings. The molecule has 0 aliphatic heterocycles. The Labute approximate surface area is 151 Å². The van der Waals surface area contributed by atoms with Gasteiger partial charge in [0.25, 0.3) is 0 Å². The molecule has 0 heterocycles. The number of carboxylic acids is 1. The Hall–Kier alpha value is -1.45. The number of hydrogen-bond donors (Lipinski definition) is 1. The van der Waals surface area contributed by atoms with Gasteiger partial charge in [-0.25, -0.2) is 4.79 Å². The van der Waals surface area contributed by atoms with E-state index in [2.05, 4.69) is 0 Å². The lowest BCUT2D eigenvalue weighted by atomic mass is 9.83. The molecule has 2 rings (SSSR count). The van der Waals surface area contributed by atoms with Crippen LogP contribution in [0, 0.1) is 9.49 Å². The van der Waals surface area contributed by atoms with Crippen LogP contribution in [0.15, 0.2) is 18.2 Å². The normalized spacial score (nSPS) is 17.3. The van der Waals surface area contributed by atoms with Crippen LogP contribution >= 0.6 is 22.6 Å². The number of halogens is 3. The molecular formula is C16H16F2IO5-. The molecule has 1 aliphatic rings. The number of hydrogen-bond acceptors (Lipinski definition) is 5. The maximum atomic E-state index is 14.0. The summed E-state index contributed by atoms with van der Waals surface area (Å²) in [6, 6.07) is 3.84. The number of benzene rings is 1. The van der Waals surface area contributed by atoms with Gasteiger partial charge in [-0.15, -0.1) is 0 Å². The zero-order valence-electron chi connectivity index (χ0n) is 12.6. The van der Waals surface area contributed by atoms with Crippen LogP contribution in [0.25, 0.3) is 0 Å². The molecule has 0 aromatic heterocycles. The highest BCUT2D eigenvalue weighted by molar-refractivity contribution is 14.1. The number of phenols is 1. The molecule has 132 valence electrons. The summed E-state index contributed by atoms with van der Waals surface area (Å²) in [4.78, 5) is 23.0. The Morgan fingerprint density at radius 2 is 1.92 bits per heavy atom. The summed E-state index contributed by atoms with van der Waals surface area (Å²) in [6.45, 7) is 0. The average molecular weight is 453 g/mol. The fourth-order valence-electron chi connectivity index (χ4n) is 2.84. The molecule has 1 atom stereocenters. The minimum absolute atomic E-state index is 0.122. The van der Waals surface area contributed by atoms with Crippen molar-refractivity contribution in [3.8, 4) is 5.75 Å². The van der Waals surface area contributed by atoms with Crippen LogP contribution in [0.2, 0.25) is 0 Å². The third-order valence-electron chi connectivity index (χ3n) is 4.12. The van der Waals surface area contributed by atoms with E-state index in [9.17, 15) is 28.6 Å². The molecule has 0 bridgehead atoms. The first kappa shape index (κ1) is 18.9. The number of aliphatic carboxylic acids is 1. The first-order chi connectivity index (χ1) is 11.2. The Morgan fingerprint density at radius 3 is 2.46 bits per heavy atom. The summed E-state index contributed by atoms with van der Waals surface area (Å²) in [5.74, 6) is -8.86. The molecule has 1 aliphatic carbocycles. The van der Waals surface area contributed by atoms with Crippen molar-refractivity contribution in [2.24, 2.45) is 5.92 Å². The van der Waals surface area contributed by atoms with Gasteiger partial charge in [-0.2, -0.15) is 8.78 Å². The van der Waals surface area contributed by atoms with E-state index in [0.717, 1.165) is 12.5 Å². The second-order valence-corrected chi connectivity index (χ2v) is 6.96. The number of alkyl halides is 2. The number of esters is 1. The molecule has 24 heavy (non-hydrogen) atoms. The number of phenolic OH excluding ortho intramolecular Hbond substituents is 1. The van der Waals surface area contributed by atoms with Crippen molar-refractivity contribution in [3.63, 3.8) is 0 Å². The minimum atomic E-state index is -4.27. The third kappa shape index (κ3) is 4.14. The van der Waals surface area contributed by atoms with Crippen LogP contribution in [0.4, 0.5) is 8.78 Å². The van der Waals surface area contributed by atoms with Gasteiger partial charge in [0, 0.05) is 5.92 Å². The van der Waals surface area contributed by atoms with Gasteiger partial charge in [0.2, 0.25) is 0 Å². The summed E-state index contributed by atoms with van der Waals surface area (Å²) in [6.07, 6.45) is 0.853. The third-order valence-corrected chi connectivity index (χ3v) is 5.04. The molecule has 1 fully saturated rings. The summed E-state index contributed by atoms with van der Waals surface area (Å²) in [7, 11) is 0. The zero-order valence-corrected chi connectivity index (χ0v) is 14.8. The summed E-state index contributed by atoms with van der Waals surface area (Å²) in [5.41, 5.74) is -0.122. The topological polar surface area (TPSA) is 86.7 Å². The van der Waals surface area contributed by atoms with Crippen LogP contribution in [-0.2, 0) is 9.53 Å². The van der Waals surface area contributed by atoms with Crippen LogP contribution in [0.1, 0.15) is 42.5 Å². The van der Waals surface area contributed by atoms with Crippen molar-refractivity contribution in [2.45, 2.75) is 44.1 Å². The highest BCUT2D eigenvalue weighted by Gasteiger charge is 2.48. The Kier molecular flexibility index (Phi) is 6.00. The Bertz CT molecular complexity index is 629. The highest BCUT2D eigenvalue weighted by atomic mass is 127. The van der Waals surface area contributed by atoms with Gasteiger partial charge in [-0.3, -0.25) is 0 Å². The van der Waals surface area contributed by atoms with Gasteiger partial charge < -0.3 is 19.7 Å². The van der Waals surface area contributed by atoms with Gasteiger partial charge in [-0.05, 0) is 53.6 Å². The molecular weight excluding hydrogens is 437 g/mol. The van der Waals surface area contributed by atoms with E-state index in [4.69, 9.17) is 4.74 Å². The lowest BCUT2D eigenvalue weighted by Crippen LogP contribution is -2.54. The number of carboxylic acid groups (broad SMARTS) is 1. The quantitative estimate of drug-likeness (QED) is 0.547. The predicted octanol–water partition coefficient (Wildman–Crippen LogP) is 2.49. The lowest BCUT2D eigenvalue weighted by molar-refractivity contribution is -0.337. The van der Waals surface area contributed by atoms with Crippen LogP contribution in [-0.4, -0.2) is 29.1 Å². The standard InChI is InChI=1S/C16H17F2IO5/c17-16(18,15(22)23)13(9-4-2-1-3-5-9)24-14(21)10-6-7-11(19)12(20)8-10/h6-9,13,20H,1-5H2,(H,22,23)/p-1. The molecule has 1 N–H and O–H groups in total. The smallest absolute Gasteiger partial charge is 0.338 e. The van der Waals surface area contributed by atoms with Crippen molar-refractivity contribution in [2.75, 3.05) is 0 Å². The van der Waals surface area contributed by atoms with Gasteiger partial charge in [0.1, 0.15) is 11.7 Å². The monoisotopic (exact) mass is 453 g/mol. The number of rotatable bonds is 5. The van der Waals surface area contributed by atoms with E-state index < -0.39 is 29.9 Å². The van der Waals surface area contributed by atoms with Crippen LogP contribution in [0.3, 0.4) is 0 Å². The number of ether oxygens (including phenoxy) is 1. The van der Waals surface area contributed by atoms with Crippen molar-refractivity contribution in [3.05, 3.63) is 27.3 Å². The summed E-state index contributed by atoms with van der Waals surface area (Å²) >= 11 is 1.84. The zero-order chi connectivity index (χ0) is 17.9. The molecule has 0 amide bonds. The van der Waals surface area contributed by atoms with Crippen molar-refractivity contribution >= 4 is 34.5 Å². The fourth-order valence-corrected chi connectivity index (χ4v) is 3.18. The summed E-state index contributed by atoms with van der Waals surface area (Å²) < 4.78 is 33.4. The Morgan fingerprint density at radius 1 is 1.29 bits per heavy atom. The van der Waals surface area contributed by atoms with Crippen LogP contribution < -0.4 is 5.11 Å². The molecule has 0 saturated heterocycles.